The Kier molecular flexibility index (Phi) is 9.59. The molecule has 1 aliphatic carbocycles. The van der Waals surface area contributed by atoms with Gasteiger partial charge in [0.1, 0.15) is 0 Å². The van der Waals surface area contributed by atoms with Gasteiger partial charge in [-0.25, -0.2) is 4.79 Å². The zero-order valence-corrected chi connectivity index (χ0v) is 20.4. The van der Waals surface area contributed by atoms with Gasteiger partial charge < -0.3 is 15.5 Å². The smallest absolute Gasteiger partial charge is 0.317 e. The van der Waals surface area contributed by atoms with Crippen LogP contribution in [-0.2, 0) is 10.2 Å². The zero-order chi connectivity index (χ0) is 23.5. The highest BCUT2D eigenvalue weighted by atomic mass is 16.2. The summed E-state index contributed by atoms with van der Waals surface area (Å²) in [6, 6.07) is 11.0. The normalized spacial score (nSPS) is 18.4. The van der Waals surface area contributed by atoms with Crippen molar-refractivity contribution in [3.05, 3.63) is 59.7 Å². The van der Waals surface area contributed by atoms with E-state index in [9.17, 15) is 9.59 Å². The van der Waals surface area contributed by atoms with E-state index in [1.807, 2.05) is 4.90 Å². The van der Waals surface area contributed by atoms with Crippen LogP contribution in [-0.4, -0.2) is 43.5 Å². The molecule has 2 N–H and O–H groups in total. The molecule has 180 valence electrons. The molecular weight excluding hydrogens is 410 g/mol. The number of rotatable bonds is 10. The van der Waals surface area contributed by atoms with Crippen molar-refractivity contribution in [1.29, 1.82) is 0 Å². The maximum Gasteiger partial charge on any atom is 0.317 e. The molecule has 0 bridgehead atoms. The molecule has 5 nitrogen and oxygen atoms in total. The van der Waals surface area contributed by atoms with Gasteiger partial charge in [-0.2, -0.15) is 0 Å². The van der Waals surface area contributed by atoms with Crippen LogP contribution in [0.15, 0.2) is 54.1 Å². The van der Waals surface area contributed by atoms with Crippen LogP contribution in [0.1, 0.15) is 70.3 Å². The Bertz CT molecular complexity index is 825. The fourth-order valence-electron chi connectivity index (χ4n) is 5.28. The number of urea groups is 1. The molecule has 33 heavy (non-hydrogen) atoms. The number of piperidine rings is 1. The van der Waals surface area contributed by atoms with Crippen LogP contribution >= 0.6 is 0 Å². The van der Waals surface area contributed by atoms with Crippen molar-refractivity contribution in [1.82, 2.24) is 15.5 Å². The standard InChI is InChI=1S/C28H41N3O2/c1-28(23-13-7-5-8-14-23,24-15-9-6-10-16-24)25-18-21-31(22-19-25)27(33)30-20-12-4-3-11-17-26(32)29-2/h5,7-9,13-16,25H,3-4,6,10-12,17-22H2,1-2H3,(H,29,32)(H,30,33). The van der Waals surface area contributed by atoms with Gasteiger partial charge in [-0.05, 0) is 55.6 Å². The molecule has 3 amide bonds. The lowest BCUT2D eigenvalue weighted by molar-refractivity contribution is -0.120. The number of allylic oxidation sites excluding steroid dienone is 4. The van der Waals surface area contributed by atoms with Crippen molar-refractivity contribution in [3.8, 4) is 0 Å². The molecule has 0 spiro atoms. The lowest BCUT2D eigenvalue weighted by atomic mass is 9.63. The van der Waals surface area contributed by atoms with Gasteiger partial charge >= 0.3 is 6.03 Å². The summed E-state index contributed by atoms with van der Waals surface area (Å²) in [7, 11) is 1.67. The topological polar surface area (TPSA) is 61.4 Å². The summed E-state index contributed by atoms with van der Waals surface area (Å²) in [5.41, 5.74) is 2.79. The Hall–Kier alpha value is -2.56. The summed E-state index contributed by atoms with van der Waals surface area (Å²) in [5.74, 6) is 0.615. The summed E-state index contributed by atoms with van der Waals surface area (Å²) in [6.07, 6.45) is 15.8. The minimum absolute atomic E-state index is 0.0184. The predicted molar refractivity (Wildman–Crippen MR) is 135 cm³/mol. The fourth-order valence-corrected chi connectivity index (χ4v) is 5.28. The summed E-state index contributed by atoms with van der Waals surface area (Å²) in [5, 5.41) is 5.75. The maximum absolute atomic E-state index is 12.7. The number of carbonyl (C=O) groups excluding carboxylic acids is 2. The number of amides is 3. The Morgan fingerprint density at radius 2 is 1.76 bits per heavy atom. The average molecular weight is 452 g/mol. The third kappa shape index (κ3) is 6.72. The van der Waals surface area contributed by atoms with Crippen LogP contribution in [0.4, 0.5) is 4.79 Å². The van der Waals surface area contributed by atoms with E-state index in [0.717, 1.165) is 64.5 Å². The van der Waals surface area contributed by atoms with Crippen molar-refractivity contribution >= 4 is 11.9 Å². The molecule has 1 aromatic carbocycles. The van der Waals surface area contributed by atoms with E-state index in [4.69, 9.17) is 0 Å². The summed E-state index contributed by atoms with van der Waals surface area (Å²) < 4.78 is 0. The molecule has 0 radical (unpaired) electrons. The summed E-state index contributed by atoms with van der Waals surface area (Å²) in [6.45, 7) is 4.72. The molecule has 2 aliphatic rings. The van der Waals surface area contributed by atoms with E-state index >= 15 is 0 Å². The van der Waals surface area contributed by atoms with E-state index in [-0.39, 0.29) is 17.4 Å². The van der Waals surface area contributed by atoms with E-state index in [1.165, 1.54) is 11.1 Å². The van der Waals surface area contributed by atoms with Gasteiger partial charge in [0, 0.05) is 38.5 Å². The van der Waals surface area contributed by atoms with Crippen molar-refractivity contribution in [2.45, 2.75) is 70.1 Å². The van der Waals surface area contributed by atoms with Crippen LogP contribution < -0.4 is 10.6 Å². The molecule has 1 fully saturated rings. The number of nitrogens with zero attached hydrogens (tertiary/aromatic N) is 1. The minimum Gasteiger partial charge on any atom is -0.359 e. The molecule has 1 unspecified atom stereocenters. The van der Waals surface area contributed by atoms with Crippen LogP contribution in [0.5, 0.6) is 0 Å². The van der Waals surface area contributed by atoms with Gasteiger partial charge in [0.05, 0.1) is 0 Å². The Labute approximate surface area is 199 Å². The largest absolute Gasteiger partial charge is 0.359 e. The number of nitrogens with one attached hydrogen (secondary N) is 2. The molecule has 3 rings (SSSR count). The Morgan fingerprint density at radius 3 is 2.42 bits per heavy atom. The van der Waals surface area contributed by atoms with Crippen molar-refractivity contribution < 1.29 is 9.59 Å². The highest BCUT2D eigenvalue weighted by molar-refractivity contribution is 5.75. The van der Waals surface area contributed by atoms with E-state index in [1.54, 1.807) is 7.05 Å². The van der Waals surface area contributed by atoms with Gasteiger partial charge in [0.2, 0.25) is 5.91 Å². The second-order valence-corrected chi connectivity index (χ2v) is 9.54. The van der Waals surface area contributed by atoms with E-state index in [0.29, 0.717) is 18.9 Å². The number of benzene rings is 1. The molecule has 1 aromatic rings. The second kappa shape index (κ2) is 12.6. The zero-order valence-electron chi connectivity index (χ0n) is 20.4. The first-order chi connectivity index (χ1) is 16.1. The first-order valence-corrected chi connectivity index (χ1v) is 12.7. The third-order valence-electron chi connectivity index (χ3n) is 7.45. The molecular formula is C28H41N3O2. The third-order valence-corrected chi connectivity index (χ3v) is 7.45. The second-order valence-electron chi connectivity index (χ2n) is 9.54. The minimum atomic E-state index is -0.0184. The van der Waals surface area contributed by atoms with Crippen molar-refractivity contribution in [3.63, 3.8) is 0 Å². The van der Waals surface area contributed by atoms with Gasteiger partial charge in [0.15, 0.2) is 0 Å². The van der Waals surface area contributed by atoms with Gasteiger partial charge in [-0.1, -0.05) is 68.3 Å². The van der Waals surface area contributed by atoms with Gasteiger partial charge in [-0.3, -0.25) is 4.79 Å². The number of hydrogen-bond acceptors (Lipinski definition) is 2. The molecule has 1 saturated heterocycles. The van der Waals surface area contributed by atoms with Crippen LogP contribution in [0.3, 0.4) is 0 Å². The number of carbonyl (C=O) groups is 2. The first kappa shape index (κ1) is 25.1. The van der Waals surface area contributed by atoms with Crippen LogP contribution in [0.2, 0.25) is 0 Å². The molecule has 0 aromatic heterocycles. The quantitative estimate of drug-likeness (QED) is 0.472. The van der Waals surface area contributed by atoms with Gasteiger partial charge in [0.25, 0.3) is 0 Å². The Morgan fingerprint density at radius 1 is 1.03 bits per heavy atom. The molecule has 5 heteroatoms. The van der Waals surface area contributed by atoms with Crippen molar-refractivity contribution in [2.24, 2.45) is 5.92 Å². The number of likely N-dealkylation sites (tertiary alicyclic amines) is 1. The highest BCUT2D eigenvalue weighted by Crippen LogP contribution is 2.45. The van der Waals surface area contributed by atoms with Crippen molar-refractivity contribution in [2.75, 3.05) is 26.7 Å². The van der Waals surface area contributed by atoms with E-state index < -0.39 is 0 Å². The van der Waals surface area contributed by atoms with Crippen LogP contribution in [0, 0.1) is 5.92 Å². The fraction of sp³-hybridized carbons (Fsp3) is 0.571. The summed E-state index contributed by atoms with van der Waals surface area (Å²) >= 11 is 0. The Balaban J connectivity index is 1.47. The number of unbranched alkanes of at least 4 members (excludes halogenated alkanes) is 3. The average Bonchev–Trinajstić information content (AvgIpc) is 2.88. The monoisotopic (exact) mass is 451 g/mol. The maximum atomic E-state index is 12.7. The van der Waals surface area contributed by atoms with Crippen LogP contribution in [0.25, 0.3) is 0 Å². The highest BCUT2D eigenvalue weighted by Gasteiger charge is 2.40. The lowest BCUT2D eigenvalue weighted by Gasteiger charge is -2.44. The SMILES string of the molecule is CNC(=O)CCCCCCNC(=O)N1CCC(C(C)(C2=CCCC=C2)c2ccccc2)CC1. The van der Waals surface area contributed by atoms with Gasteiger partial charge in [-0.15, -0.1) is 0 Å². The first-order valence-electron chi connectivity index (χ1n) is 12.7. The van der Waals surface area contributed by atoms with E-state index in [2.05, 4.69) is 66.1 Å². The predicted octanol–water partition coefficient (Wildman–Crippen LogP) is 5.34. The lowest BCUT2D eigenvalue weighted by Crippen LogP contribution is -2.48. The molecule has 1 aliphatic heterocycles. The molecule has 0 saturated carbocycles. The summed E-state index contributed by atoms with van der Waals surface area (Å²) in [4.78, 5) is 25.9. The molecule has 1 atom stereocenters. The molecule has 1 heterocycles. The number of hydrogen-bond donors (Lipinski definition) is 2.